The first-order valence-corrected chi connectivity index (χ1v) is 8.03. The van der Waals surface area contributed by atoms with Gasteiger partial charge in [0.15, 0.2) is 0 Å². The van der Waals surface area contributed by atoms with E-state index < -0.39 is 10.0 Å². The van der Waals surface area contributed by atoms with Crippen molar-refractivity contribution in [3.63, 3.8) is 0 Å². The summed E-state index contributed by atoms with van der Waals surface area (Å²) in [6.07, 6.45) is 0. The first kappa shape index (κ1) is 14.2. The van der Waals surface area contributed by atoms with Crippen LogP contribution in [0.25, 0.3) is 0 Å². The molecule has 19 heavy (non-hydrogen) atoms. The highest BCUT2D eigenvalue weighted by Gasteiger charge is 2.19. The summed E-state index contributed by atoms with van der Waals surface area (Å²) in [5.74, 6) is 0. The topological polar surface area (TPSA) is 55.4 Å². The average molecular weight is 297 g/mol. The summed E-state index contributed by atoms with van der Waals surface area (Å²) in [7, 11) is -3.60. The summed E-state index contributed by atoms with van der Waals surface area (Å²) in [6, 6.07) is 11.0. The molecule has 0 bridgehead atoms. The molecule has 1 aromatic carbocycles. The zero-order valence-electron chi connectivity index (χ0n) is 10.7. The molecule has 1 aromatic heterocycles. The van der Waals surface area contributed by atoms with Gasteiger partial charge in [-0.2, -0.15) is 0 Å². The normalized spacial score (nSPS) is 11.7. The molecule has 6 heteroatoms. The molecule has 0 saturated heterocycles. The van der Waals surface area contributed by atoms with Crippen LogP contribution in [-0.4, -0.2) is 8.42 Å². The van der Waals surface area contributed by atoms with Gasteiger partial charge in [0.05, 0.1) is 11.5 Å². The molecule has 4 nitrogen and oxygen atoms in total. The number of sulfonamides is 1. The van der Waals surface area contributed by atoms with Gasteiger partial charge in [-0.05, 0) is 25.5 Å². The molecule has 1 N–H and O–H groups in total. The summed E-state index contributed by atoms with van der Waals surface area (Å²) in [5.41, 5.74) is 0.906. The molecule has 2 aromatic rings. The van der Waals surface area contributed by atoms with Crippen molar-refractivity contribution < 1.29 is 13.3 Å². The molecular formula is C13H15NO3S2. The van der Waals surface area contributed by atoms with Crippen LogP contribution in [-0.2, 0) is 21.5 Å². The van der Waals surface area contributed by atoms with Gasteiger partial charge in [-0.25, -0.2) is 8.42 Å². The Morgan fingerprint density at radius 3 is 2.47 bits per heavy atom. The lowest BCUT2D eigenvalue weighted by atomic mass is 10.2. The summed E-state index contributed by atoms with van der Waals surface area (Å²) in [5, 5.41) is 0. The Labute approximate surface area is 117 Å². The molecule has 0 aliphatic rings. The second kappa shape index (κ2) is 5.83. The number of aryl methyl sites for hydroxylation is 2. The minimum absolute atomic E-state index is 0.197. The van der Waals surface area contributed by atoms with E-state index in [4.69, 9.17) is 4.84 Å². The third kappa shape index (κ3) is 3.63. The van der Waals surface area contributed by atoms with Crippen molar-refractivity contribution in [3.8, 4) is 0 Å². The van der Waals surface area contributed by atoms with Crippen molar-refractivity contribution in [1.82, 2.24) is 4.89 Å². The second-order valence-corrected chi connectivity index (χ2v) is 7.21. The van der Waals surface area contributed by atoms with Gasteiger partial charge in [0.1, 0.15) is 0 Å². The van der Waals surface area contributed by atoms with Gasteiger partial charge in [-0.15, -0.1) is 11.3 Å². The maximum absolute atomic E-state index is 12.0. The first-order chi connectivity index (χ1) is 8.99. The minimum Gasteiger partial charge on any atom is -0.282 e. The highest BCUT2D eigenvalue weighted by Crippen LogP contribution is 2.24. The molecule has 0 spiro atoms. The molecule has 0 radical (unpaired) electrons. The van der Waals surface area contributed by atoms with E-state index in [1.807, 2.05) is 37.3 Å². The fourth-order valence-corrected chi connectivity index (χ4v) is 4.05. The van der Waals surface area contributed by atoms with Gasteiger partial charge < -0.3 is 0 Å². The Balaban J connectivity index is 2.01. The maximum atomic E-state index is 12.0. The van der Waals surface area contributed by atoms with Crippen LogP contribution >= 0.6 is 11.3 Å². The molecule has 0 unspecified atom stereocenters. The SMILES string of the molecule is Cc1cc(S(=O)(=O)NOCc2ccccc2)c(C)s1. The van der Waals surface area contributed by atoms with Crippen molar-refractivity contribution in [2.24, 2.45) is 0 Å². The number of hydrogen-bond donors (Lipinski definition) is 1. The summed E-state index contributed by atoms with van der Waals surface area (Å²) < 4.78 is 24.1. The molecule has 0 aliphatic heterocycles. The van der Waals surface area contributed by atoms with E-state index in [1.165, 1.54) is 11.3 Å². The largest absolute Gasteiger partial charge is 0.282 e. The Hall–Kier alpha value is -1.21. The van der Waals surface area contributed by atoms with Crippen molar-refractivity contribution in [2.75, 3.05) is 0 Å². The Morgan fingerprint density at radius 1 is 1.21 bits per heavy atom. The Bertz CT molecular complexity index is 648. The molecule has 0 fully saturated rings. The molecule has 0 amide bonds. The minimum atomic E-state index is -3.60. The van der Waals surface area contributed by atoms with Crippen LogP contribution in [0.3, 0.4) is 0 Å². The fraction of sp³-hybridized carbons (Fsp3) is 0.231. The first-order valence-electron chi connectivity index (χ1n) is 5.73. The third-order valence-electron chi connectivity index (χ3n) is 2.54. The molecule has 0 saturated carbocycles. The molecule has 2 rings (SSSR count). The zero-order valence-corrected chi connectivity index (χ0v) is 12.3. The monoisotopic (exact) mass is 297 g/mol. The second-order valence-electron chi connectivity index (χ2n) is 4.14. The van der Waals surface area contributed by atoms with Crippen molar-refractivity contribution in [2.45, 2.75) is 25.3 Å². The standard InChI is InChI=1S/C13H15NO3S2/c1-10-8-13(11(2)18-10)19(15,16)14-17-9-12-6-4-3-5-7-12/h3-8,14H,9H2,1-2H3. The summed E-state index contributed by atoms with van der Waals surface area (Å²) >= 11 is 1.45. The highest BCUT2D eigenvalue weighted by molar-refractivity contribution is 7.89. The predicted molar refractivity (Wildman–Crippen MR) is 75.3 cm³/mol. The van der Waals surface area contributed by atoms with E-state index in [1.54, 1.807) is 13.0 Å². The third-order valence-corrected chi connectivity index (χ3v) is 4.97. The van der Waals surface area contributed by atoms with E-state index >= 15 is 0 Å². The van der Waals surface area contributed by atoms with E-state index in [9.17, 15) is 8.42 Å². The molecule has 1 heterocycles. The molecular weight excluding hydrogens is 282 g/mol. The lowest BCUT2D eigenvalue weighted by Crippen LogP contribution is -2.24. The lowest BCUT2D eigenvalue weighted by Gasteiger charge is -2.06. The molecule has 102 valence electrons. The average Bonchev–Trinajstić information content (AvgIpc) is 2.70. The Morgan fingerprint density at radius 2 is 1.89 bits per heavy atom. The molecule has 0 atom stereocenters. The van der Waals surface area contributed by atoms with E-state index in [0.717, 1.165) is 15.3 Å². The van der Waals surface area contributed by atoms with Crippen LogP contribution in [0.1, 0.15) is 15.3 Å². The van der Waals surface area contributed by atoms with Gasteiger partial charge >= 0.3 is 0 Å². The predicted octanol–water partition coefficient (Wildman–Crippen LogP) is 2.78. The van der Waals surface area contributed by atoms with Crippen molar-refractivity contribution >= 4 is 21.4 Å². The van der Waals surface area contributed by atoms with E-state index in [2.05, 4.69) is 4.89 Å². The van der Waals surface area contributed by atoms with Crippen molar-refractivity contribution in [3.05, 3.63) is 51.7 Å². The summed E-state index contributed by atoms with van der Waals surface area (Å²) in [6.45, 7) is 3.85. The number of benzene rings is 1. The van der Waals surface area contributed by atoms with Gasteiger partial charge in [0, 0.05) is 9.75 Å². The van der Waals surface area contributed by atoms with Gasteiger partial charge in [-0.1, -0.05) is 35.2 Å². The van der Waals surface area contributed by atoms with E-state index in [-0.39, 0.29) is 11.5 Å². The van der Waals surface area contributed by atoms with Gasteiger partial charge in [0.2, 0.25) is 0 Å². The van der Waals surface area contributed by atoms with Crippen LogP contribution in [0.5, 0.6) is 0 Å². The van der Waals surface area contributed by atoms with Crippen molar-refractivity contribution in [1.29, 1.82) is 0 Å². The fourth-order valence-electron chi connectivity index (χ4n) is 1.68. The quantitative estimate of drug-likeness (QED) is 0.863. The number of rotatable bonds is 5. The zero-order chi connectivity index (χ0) is 13.9. The van der Waals surface area contributed by atoms with Crippen LogP contribution < -0.4 is 4.89 Å². The van der Waals surface area contributed by atoms with E-state index in [0.29, 0.717) is 0 Å². The van der Waals surface area contributed by atoms with Crippen LogP contribution in [0.2, 0.25) is 0 Å². The highest BCUT2D eigenvalue weighted by atomic mass is 32.2. The summed E-state index contributed by atoms with van der Waals surface area (Å²) in [4.78, 5) is 9.22. The number of hydrogen-bond acceptors (Lipinski definition) is 4. The molecule has 0 aliphatic carbocycles. The smallest absolute Gasteiger partial charge is 0.263 e. The maximum Gasteiger partial charge on any atom is 0.263 e. The van der Waals surface area contributed by atoms with Crippen LogP contribution in [0, 0.1) is 13.8 Å². The van der Waals surface area contributed by atoms with Crippen LogP contribution in [0.4, 0.5) is 0 Å². The number of nitrogens with one attached hydrogen (secondary N) is 1. The van der Waals surface area contributed by atoms with Gasteiger partial charge in [-0.3, -0.25) is 4.84 Å². The number of thiophene rings is 1. The van der Waals surface area contributed by atoms with Gasteiger partial charge in [0.25, 0.3) is 10.0 Å². The lowest BCUT2D eigenvalue weighted by molar-refractivity contribution is 0.0795. The van der Waals surface area contributed by atoms with Crippen LogP contribution in [0.15, 0.2) is 41.3 Å². The Kier molecular flexibility index (Phi) is 4.36.